The Morgan fingerprint density at radius 1 is 1.29 bits per heavy atom. The van der Waals surface area contributed by atoms with E-state index in [1.165, 1.54) is 31.4 Å². The summed E-state index contributed by atoms with van der Waals surface area (Å²) in [5.41, 5.74) is 1.15. The molecule has 1 saturated heterocycles. The lowest BCUT2D eigenvalue weighted by atomic mass is 10.2. The number of rotatable bonds is 6. The average molecular weight is 404 g/mol. The van der Waals surface area contributed by atoms with Gasteiger partial charge in [0, 0.05) is 37.5 Å². The summed E-state index contributed by atoms with van der Waals surface area (Å²) in [7, 11) is -2.27. The summed E-state index contributed by atoms with van der Waals surface area (Å²) in [4.78, 5) is 27.8. The first-order chi connectivity index (χ1) is 13.4. The summed E-state index contributed by atoms with van der Waals surface area (Å²) in [5.74, 6) is -0.219. The van der Waals surface area contributed by atoms with Crippen LogP contribution in [-0.4, -0.2) is 56.3 Å². The molecule has 0 aliphatic carbocycles. The normalized spacial score (nSPS) is 15.0. The predicted octanol–water partition coefficient (Wildman–Crippen LogP) is 0.141. The van der Waals surface area contributed by atoms with E-state index >= 15 is 0 Å². The van der Waals surface area contributed by atoms with Gasteiger partial charge in [0.15, 0.2) is 0 Å². The van der Waals surface area contributed by atoms with Gasteiger partial charge in [0.05, 0.1) is 18.6 Å². The van der Waals surface area contributed by atoms with Crippen LogP contribution in [0.5, 0.6) is 5.88 Å². The van der Waals surface area contributed by atoms with Gasteiger partial charge in [-0.05, 0) is 35.9 Å². The van der Waals surface area contributed by atoms with Crippen LogP contribution in [0, 0.1) is 0 Å². The van der Waals surface area contributed by atoms with Gasteiger partial charge in [-0.25, -0.2) is 13.4 Å². The van der Waals surface area contributed by atoms with Crippen molar-refractivity contribution < 1.29 is 22.7 Å². The Balaban J connectivity index is 1.66. The van der Waals surface area contributed by atoms with Crippen molar-refractivity contribution in [3.05, 3.63) is 53.7 Å². The number of carbonyl (C=O) groups is 2. The summed E-state index contributed by atoms with van der Waals surface area (Å²) in [5, 5.41) is 5.34. The van der Waals surface area contributed by atoms with Gasteiger partial charge in [-0.1, -0.05) is 0 Å². The maximum atomic E-state index is 12.6. The number of sulfonamides is 1. The minimum Gasteiger partial charge on any atom is -0.481 e. The Morgan fingerprint density at radius 2 is 2.04 bits per heavy atom. The molecule has 1 fully saturated rings. The number of carbonyl (C=O) groups excluding carboxylic acids is 2. The lowest BCUT2D eigenvalue weighted by Crippen LogP contribution is -2.49. The molecular weight excluding hydrogens is 384 g/mol. The number of amides is 2. The second-order valence-corrected chi connectivity index (χ2v) is 8.04. The van der Waals surface area contributed by atoms with E-state index in [4.69, 9.17) is 4.74 Å². The molecule has 9 nitrogen and oxygen atoms in total. The van der Waals surface area contributed by atoms with Crippen LogP contribution in [-0.2, 0) is 21.4 Å². The van der Waals surface area contributed by atoms with Gasteiger partial charge in [-0.3, -0.25) is 9.59 Å². The van der Waals surface area contributed by atoms with E-state index in [0.29, 0.717) is 11.4 Å². The molecular formula is C18H20N4O5S. The minimum absolute atomic E-state index is 0.0395. The van der Waals surface area contributed by atoms with Crippen molar-refractivity contribution in [1.29, 1.82) is 0 Å². The van der Waals surface area contributed by atoms with Crippen molar-refractivity contribution in [2.45, 2.75) is 11.4 Å². The van der Waals surface area contributed by atoms with Crippen molar-refractivity contribution in [3.63, 3.8) is 0 Å². The van der Waals surface area contributed by atoms with E-state index in [1.807, 2.05) is 0 Å². The van der Waals surface area contributed by atoms with Gasteiger partial charge in [0.2, 0.25) is 21.8 Å². The molecule has 0 radical (unpaired) electrons. The van der Waals surface area contributed by atoms with E-state index < -0.39 is 10.0 Å². The number of aromatic nitrogens is 1. The van der Waals surface area contributed by atoms with Crippen molar-refractivity contribution in [2.24, 2.45) is 0 Å². The smallest absolute Gasteiger partial charge is 0.251 e. The van der Waals surface area contributed by atoms with E-state index in [0.717, 1.165) is 9.87 Å². The summed E-state index contributed by atoms with van der Waals surface area (Å²) in [6.45, 7) is 0.560. The lowest BCUT2D eigenvalue weighted by molar-refractivity contribution is -0.122. The monoisotopic (exact) mass is 404 g/mol. The number of piperazine rings is 1. The second kappa shape index (κ2) is 8.36. The fourth-order valence-electron chi connectivity index (χ4n) is 2.70. The fourth-order valence-corrected chi connectivity index (χ4v) is 4.10. The lowest BCUT2D eigenvalue weighted by Gasteiger charge is -2.25. The number of benzene rings is 1. The van der Waals surface area contributed by atoms with Crippen LogP contribution in [0.1, 0.15) is 15.9 Å². The van der Waals surface area contributed by atoms with E-state index in [-0.39, 0.29) is 42.9 Å². The van der Waals surface area contributed by atoms with Gasteiger partial charge >= 0.3 is 0 Å². The Labute approximate surface area is 162 Å². The zero-order valence-corrected chi connectivity index (χ0v) is 16.0. The molecule has 2 aromatic rings. The van der Waals surface area contributed by atoms with Gasteiger partial charge in [-0.15, -0.1) is 0 Å². The van der Waals surface area contributed by atoms with Crippen LogP contribution in [0.3, 0.4) is 0 Å². The fraction of sp³-hybridized carbons (Fsp3) is 0.278. The highest BCUT2D eigenvalue weighted by atomic mass is 32.2. The topological polar surface area (TPSA) is 118 Å². The van der Waals surface area contributed by atoms with Crippen molar-refractivity contribution in [2.75, 3.05) is 26.7 Å². The third-order valence-corrected chi connectivity index (χ3v) is 6.08. The van der Waals surface area contributed by atoms with Crippen molar-refractivity contribution >= 4 is 21.8 Å². The van der Waals surface area contributed by atoms with Gasteiger partial charge in [-0.2, -0.15) is 4.31 Å². The Kier molecular flexibility index (Phi) is 5.90. The number of hydrogen-bond acceptors (Lipinski definition) is 6. The van der Waals surface area contributed by atoms with Crippen molar-refractivity contribution in [1.82, 2.24) is 19.9 Å². The molecule has 2 amide bonds. The number of pyridine rings is 1. The molecule has 2 heterocycles. The van der Waals surface area contributed by atoms with Gasteiger partial charge < -0.3 is 15.4 Å². The number of nitrogens with zero attached hydrogens (tertiary/aromatic N) is 2. The van der Waals surface area contributed by atoms with Crippen LogP contribution >= 0.6 is 0 Å². The van der Waals surface area contributed by atoms with E-state index in [1.54, 1.807) is 18.3 Å². The third-order valence-electron chi connectivity index (χ3n) is 4.22. The first-order valence-corrected chi connectivity index (χ1v) is 9.98. The number of hydrogen-bond donors (Lipinski definition) is 2. The summed E-state index contributed by atoms with van der Waals surface area (Å²) >= 11 is 0. The molecule has 0 unspecified atom stereocenters. The predicted molar refractivity (Wildman–Crippen MR) is 100 cm³/mol. The highest BCUT2D eigenvalue weighted by Crippen LogP contribution is 2.17. The maximum absolute atomic E-state index is 12.6. The standard InChI is InChI=1S/C18H20N4O5S/c1-27-17-10-13(6-7-20-17)11-21-18(24)14-2-4-15(5-3-14)28(25,26)22-9-8-19-16(23)12-22/h2-7,10H,8-9,11-12H2,1H3,(H,19,23)(H,21,24). The molecule has 1 aliphatic heterocycles. The molecule has 1 aromatic carbocycles. The maximum Gasteiger partial charge on any atom is 0.251 e. The molecule has 148 valence electrons. The van der Waals surface area contributed by atoms with Crippen LogP contribution < -0.4 is 15.4 Å². The highest BCUT2D eigenvalue weighted by molar-refractivity contribution is 7.89. The molecule has 0 atom stereocenters. The highest BCUT2D eigenvalue weighted by Gasteiger charge is 2.29. The molecule has 3 rings (SSSR count). The molecule has 2 N–H and O–H groups in total. The molecule has 0 saturated carbocycles. The van der Waals surface area contributed by atoms with Gasteiger partial charge in [0.25, 0.3) is 5.91 Å². The van der Waals surface area contributed by atoms with E-state index in [2.05, 4.69) is 15.6 Å². The molecule has 28 heavy (non-hydrogen) atoms. The van der Waals surface area contributed by atoms with Crippen LogP contribution in [0.15, 0.2) is 47.5 Å². The summed E-state index contributed by atoms with van der Waals surface area (Å²) < 4.78 is 31.4. The number of ether oxygens (including phenoxy) is 1. The molecule has 1 aromatic heterocycles. The average Bonchev–Trinajstić information content (AvgIpc) is 2.72. The summed E-state index contributed by atoms with van der Waals surface area (Å²) in [6.07, 6.45) is 1.58. The van der Waals surface area contributed by atoms with Crippen LogP contribution in [0.4, 0.5) is 0 Å². The Hall–Kier alpha value is -2.98. The quantitative estimate of drug-likeness (QED) is 0.707. The minimum atomic E-state index is -3.78. The first-order valence-electron chi connectivity index (χ1n) is 8.54. The first kappa shape index (κ1) is 19.8. The van der Waals surface area contributed by atoms with Gasteiger partial charge in [0.1, 0.15) is 0 Å². The number of nitrogens with one attached hydrogen (secondary N) is 2. The van der Waals surface area contributed by atoms with Crippen LogP contribution in [0.25, 0.3) is 0 Å². The van der Waals surface area contributed by atoms with E-state index in [9.17, 15) is 18.0 Å². The van der Waals surface area contributed by atoms with Crippen molar-refractivity contribution in [3.8, 4) is 5.88 Å². The Bertz CT molecular complexity index is 976. The number of methoxy groups -OCH3 is 1. The summed E-state index contributed by atoms with van der Waals surface area (Å²) in [6, 6.07) is 9.09. The zero-order chi connectivity index (χ0) is 20.1. The molecule has 10 heteroatoms. The zero-order valence-electron chi connectivity index (χ0n) is 15.2. The molecule has 1 aliphatic rings. The molecule has 0 bridgehead atoms. The largest absolute Gasteiger partial charge is 0.481 e. The Morgan fingerprint density at radius 3 is 2.71 bits per heavy atom. The SMILES string of the molecule is COc1cc(CNC(=O)c2ccc(S(=O)(=O)N3CCNC(=O)C3)cc2)ccn1. The van der Waals surface area contributed by atoms with Crippen LogP contribution in [0.2, 0.25) is 0 Å². The molecule has 0 spiro atoms. The third kappa shape index (κ3) is 4.46. The second-order valence-electron chi connectivity index (χ2n) is 6.10.